The van der Waals surface area contributed by atoms with Crippen LogP contribution in [0.25, 0.3) is 0 Å². The van der Waals surface area contributed by atoms with Crippen molar-refractivity contribution in [3.8, 4) is 0 Å². The molecule has 0 spiro atoms. The SMILES string of the molecule is COC(=O)[C@@H]1CCC(c2c(C)cc(C)cc2C)N1C(=O)OCc1ccccc1. The summed E-state index contributed by atoms with van der Waals surface area (Å²) in [5.41, 5.74) is 5.42. The van der Waals surface area contributed by atoms with E-state index in [0.717, 1.165) is 22.3 Å². The van der Waals surface area contributed by atoms with Crippen molar-refractivity contribution in [1.82, 2.24) is 4.90 Å². The number of ether oxygens (including phenoxy) is 2. The molecule has 5 heteroatoms. The highest BCUT2D eigenvalue weighted by molar-refractivity contribution is 5.82. The van der Waals surface area contributed by atoms with Gasteiger partial charge < -0.3 is 9.47 Å². The highest BCUT2D eigenvalue weighted by Gasteiger charge is 2.44. The van der Waals surface area contributed by atoms with Crippen LogP contribution in [-0.4, -0.2) is 30.1 Å². The van der Waals surface area contributed by atoms with Gasteiger partial charge in [0, 0.05) is 0 Å². The molecule has 3 rings (SSSR count). The van der Waals surface area contributed by atoms with E-state index in [4.69, 9.17) is 9.47 Å². The monoisotopic (exact) mass is 381 g/mol. The van der Waals surface area contributed by atoms with Gasteiger partial charge in [-0.2, -0.15) is 0 Å². The van der Waals surface area contributed by atoms with Gasteiger partial charge >= 0.3 is 12.1 Å². The minimum Gasteiger partial charge on any atom is -0.467 e. The summed E-state index contributed by atoms with van der Waals surface area (Å²) in [6.45, 7) is 6.33. The average Bonchev–Trinajstić information content (AvgIpc) is 3.10. The second-order valence-corrected chi connectivity index (χ2v) is 7.39. The van der Waals surface area contributed by atoms with Crippen LogP contribution in [0.15, 0.2) is 42.5 Å². The van der Waals surface area contributed by atoms with E-state index in [0.29, 0.717) is 12.8 Å². The summed E-state index contributed by atoms with van der Waals surface area (Å²) in [5, 5.41) is 0. The van der Waals surface area contributed by atoms with Crippen molar-refractivity contribution in [1.29, 1.82) is 0 Å². The fourth-order valence-corrected chi connectivity index (χ4v) is 4.23. The quantitative estimate of drug-likeness (QED) is 0.725. The van der Waals surface area contributed by atoms with E-state index in [9.17, 15) is 9.59 Å². The van der Waals surface area contributed by atoms with Gasteiger partial charge in [0.25, 0.3) is 0 Å². The number of nitrogens with zero attached hydrogens (tertiary/aromatic N) is 1. The lowest BCUT2D eigenvalue weighted by Crippen LogP contribution is -2.43. The number of hydrogen-bond acceptors (Lipinski definition) is 4. The maximum Gasteiger partial charge on any atom is 0.411 e. The largest absolute Gasteiger partial charge is 0.467 e. The van der Waals surface area contributed by atoms with E-state index in [-0.39, 0.29) is 12.6 Å². The Hall–Kier alpha value is -2.82. The molecule has 1 aliphatic rings. The second kappa shape index (κ2) is 8.46. The van der Waals surface area contributed by atoms with E-state index in [2.05, 4.69) is 19.1 Å². The van der Waals surface area contributed by atoms with Crippen LogP contribution in [-0.2, 0) is 20.9 Å². The molecular formula is C23H27NO4. The van der Waals surface area contributed by atoms with E-state index < -0.39 is 18.1 Å². The summed E-state index contributed by atoms with van der Waals surface area (Å²) in [6.07, 6.45) is 0.774. The van der Waals surface area contributed by atoms with Crippen LogP contribution in [0.5, 0.6) is 0 Å². The molecule has 148 valence electrons. The van der Waals surface area contributed by atoms with Gasteiger partial charge in [-0.15, -0.1) is 0 Å². The molecule has 1 aliphatic heterocycles. The first-order chi connectivity index (χ1) is 13.4. The third kappa shape index (κ3) is 4.03. The first kappa shape index (κ1) is 19.9. The maximum atomic E-state index is 13.0. The van der Waals surface area contributed by atoms with Gasteiger partial charge in [0.05, 0.1) is 13.2 Å². The molecule has 5 nitrogen and oxygen atoms in total. The number of likely N-dealkylation sites (tertiary alicyclic amines) is 1. The fraction of sp³-hybridized carbons (Fsp3) is 0.391. The van der Waals surface area contributed by atoms with Crippen molar-refractivity contribution in [2.45, 2.75) is 52.3 Å². The number of hydrogen-bond donors (Lipinski definition) is 0. The average molecular weight is 381 g/mol. The minimum absolute atomic E-state index is 0.169. The Morgan fingerprint density at radius 1 is 1.04 bits per heavy atom. The van der Waals surface area contributed by atoms with Crippen LogP contribution in [0.3, 0.4) is 0 Å². The number of methoxy groups -OCH3 is 1. The number of rotatable bonds is 4. The Bertz CT molecular complexity index is 839. The number of carbonyl (C=O) groups excluding carboxylic acids is 2. The molecule has 0 aliphatic carbocycles. The molecule has 2 atom stereocenters. The first-order valence-electron chi connectivity index (χ1n) is 9.57. The Morgan fingerprint density at radius 3 is 2.29 bits per heavy atom. The van der Waals surface area contributed by atoms with Crippen LogP contribution in [0.4, 0.5) is 4.79 Å². The Balaban J connectivity index is 1.89. The summed E-state index contributed by atoms with van der Waals surface area (Å²) in [6, 6.07) is 12.9. The topological polar surface area (TPSA) is 55.8 Å². The molecule has 1 fully saturated rings. The summed E-state index contributed by atoms with van der Waals surface area (Å²) < 4.78 is 10.5. The van der Waals surface area contributed by atoms with Crippen LogP contribution < -0.4 is 0 Å². The van der Waals surface area contributed by atoms with Gasteiger partial charge in [0.2, 0.25) is 0 Å². The lowest BCUT2D eigenvalue weighted by atomic mass is 9.93. The lowest BCUT2D eigenvalue weighted by molar-refractivity contribution is -0.145. The summed E-state index contributed by atoms with van der Waals surface area (Å²) in [4.78, 5) is 26.9. The van der Waals surface area contributed by atoms with Crippen molar-refractivity contribution >= 4 is 12.1 Å². The number of esters is 1. The van der Waals surface area contributed by atoms with Crippen LogP contribution in [0.1, 0.15) is 46.7 Å². The first-order valence-corrected chi connectivity index (χ1v) is 9.57. The lowest BCUT2D eigenvalue weighted by Gasteiger charge is -2.30. The van der Waals surface area contributed by atoms with E-state index in [1.54, 1.807) is 4.90 Å². The van der Waals surface area contributed by atoms with Crippen molar-refractivity contribution in [3.63, 3.8) is 0 Å². The zero-order chi connectivity index (χ0) is 20.3. The molecule has 1 amide bonds. The van der Waals surface area contributed by atoms with Crippen LogP contribution in [0.2, 0.25) is 0 Å². The van der Waals surface area contributed by atoms with Crippen molar-refractivity contribution in [3.05, 3.63) is 70.3 Å². The zero-order valence-corrected chi connectivity index (χ0v) is 16.9. The Labute approximate surface area is 166 Å². The normalized spacial score (nSPS) is 18.8. The third-order valence-corrected chi connectivity index (χ3v) is 5.35. The van der Waals surface area contributed by atoms with Gasteiger partial charge in [-0.1, -0.05) is 48.0 Å². The van der Waals surface area contributed by atoms with Crippen molar-refractivity contribution < 1.29 is 19.1 Å². The Kier molecular flexibility index (Phi) is 6.02. The molecule has 28 heavy (non-hydrogen) atoms. The predicted molar refractivity (Wildman–Crippen MR) is 107 cm³/mol. The molecule has 0 N–H and O–H groups in total. The number of benzene rings is 2. The fourth-order valence-electron chi connectivity index (χ4n) is 4.23. The minimum atomic E-state index is -0.627. The summed E-state index contributed by atoms with van der Waals surface area (Å²) >= 11 is 0. The van der Waals surface area contributed by atoms with E-state index >= 15 is 0 Å². The van der Waals surface area contributed by atoms with Gasteiger partial charge in [0.15, 0.2) is 0 Å². The molecule has 0 saturated carbocycles. The smallest absolute Gasteiger partial charge is 0.411 e. The molecule has 2 aromatic carbocycles. The van der Waals surface area contributed by atoms with Crippen LogP contribution >= 0.6 is 0 Å². The molecule has 1 heterocycles. The molecule has 0 aromatic heterocycles. The molecule has 1 unspecified atom stereocenters. The molecular weight excluding hydrogens is 354 g/mol. The molecule has 0 bridgehead atoms. The standard InChI is InChI=1S/C23H27NO4/c1-15-12-16(2)21(17(3)13-15)19-10-11-20(22(25)27-4)24(19)23(26)28-14-18-8-6-5-7-9-18/h5-9,12-13,19-20H,10-11,14H2,1-4H3/t19?,20-/m0/s1. The zero-order valence-electron chi connectivity index (χ0n) is 16.9. The number of aryl methyl sites for hydroxylation is 3. The van der Waals surface area contributed by atoms with Gasteiger partial charge in [0.1, 0.15) is 12.6 Å². The van der Waals surface area contributed by atoms with Crippen molar-refractivity contribution in [2.24, 2.45) is 0 Å². The summed E-state index contributed by atoms with van der Waals surface area (Å²) in [7, 11) is 1.35. The van der Waals surface area contributed by atoms with E-state index in [1.807, 2.05) is 44.2 Å². The molecule has 2 aromatic rings. The highest BCUT2D eigenvalue weighted by atomic mass is 16.6. The number of carbonyl (C=O) groups is 2. The molecule has 0 radical (unpaired) electrons. The van der Waals surface area contributed by atoms with Gasteiger partial charge in [-0.25, -0.2) is 9.59 Å². The highest BCUT2D eigenvalue weighted by Crippen LogP contribution is 2.40. The predicted octanol–water partition coefficient (Wildman–Crippen LogP) is 4.63. The van der Waals surface area contributed by atoms with Gasteiger partial charge in [-0.3, -0.25) is 4.90 Å². The second-order valence-electron chi connectivity index (χ2n) is 7.39. The number of amides is 1. The third-order valence-electron chi connectivity index (χ3n) is 5.35. The maximum absolute atomic E-state index is 13.0. The van der Waals surface area contributed by atoms with Crippen LogP contribution in [0, 0.1) is 20.8 Å². The summed E-state index contributed by atoms with van der Waals surface area (Å²) in [5.74, 6) is -0.401. The van der Waals surface area contributed by atoms with E-state index in [1.165, 1.54) is 12.7 Å². The molecule has 1 saturated heterocycles. The Morgan fingerprint density at radius 2 is 1.68 bits per heavy atom. The van der Waals surface area contributed by atoms with Crippen molar-refractivity contribution in [2.75, 3.05) is 7.11 Å². The van der Waals surface area contributed by atoms with Gasteiger partial charge in [-0.05, 0) is 55.9 Å².